The third-order valence-electron chi connectivity index (χ3n) is 3.27. The fourth-order valence-corrected chi connectivity index (χ4v) is 2.24. The van der Waals surface area contributed by atoms with E-state index in [2.05, 4.69) is 10.3 Å². The molecule has 2 heterocycles. The molecule has 3 rings (SSSR count). The highest BCUT2D eigenvalue weighted by atomic mass is 19.1. The molecule has 2 aromatic rings. The van der Waals surface area contributed by atoms with Crippen LogP contribution in [0.25, 0.3) is 0 Å². The number of anilines is 1. The molecule has 0 saturated carbocycles. The van der Waals surface area contributed by atoms with Gasteiger partial charge in [0, 0.05) is 6.20 Å². The molecule has 8 nitrogen and oxygen atoms in total. The van der Waals surface area contributed by atoms with Crippen molar-refractivity contribution < 1.29 is 18.7 Å². The molecule has 1 aliphatic heterocycles. The number of halogens is 1. The first-order valence-electron chi connectivity index (χ1n) is 6.46. The molecule has 1 saturated heterocycles. The lowest BCUT2D eigenvalue weighted by Gasteiger charge is -2.13. The Morgan fingerprint density at radius 2 is 2.32 bits per heavy atom. The van der Waals surface area contributed by atoms with Gasteiger partial charge in [-0.25, -0.2) is 13.9 Å². The van der Waals surface area contributed by atoms with E-state index in [1.165, 1.54) is 27.9 Å². The number of hydrogen-bond acceptors (Lipinski definition) is 5. The van der Waals surface area contributed by atoms with Crippen LogP contribution in [0.3, 0.4) is 0 Å². The van der Waals surface area contributed by atoms with Crippen molar-refractivity contribution in [1.82, 2.24) is 15.0 Å². The number of amides is 2. The summed E-state index contributed by atoms with van der Waals surface area (Å²) in [6.45, 7) is 0.595. The van der Waals surface area contributed by atoms with Gasteiger partial charge < -0.3 is 10.5 Å². The van der Waals surface area contributed by atoms with Crippen molar-refractivity contribution in [3.05, 3.63) is 42.0 Å². The molecule has 1 aliphatic rings. The number of hydrogen-bond donors (Lipinski definition) is 1. The number of benzene rings is 1. The topological polar surface area (TPSA) is 103 Å². The van der Waals surface area contributed by atoms with E-state index < -0.39 is 23.9 Å². The predicted molar refractivity (Wildman–Crippen MR) is 72.6 cm³/mol. The predicted octanol–water partition coefficient (Wildman–Crippen LogP) is 0.541. The number of aromatic nitrogens is 3. The molecular formula is C13H12FN5O3. The average molecular weight is 305 g/mol. The quantitative estimate of drug-likeness (QED) is 0.888. The average Bonchev–Trinajstić information content (AvgIpc) is 3.08. The molecule has 1 aromatic heterocycles. The van der Waals surface area contributed by atoms with Gasteiger partial charge in [0.05, 0.1) is 30.5 Å². The summed E-state index contributed by atoms with van der Waals surface area (Å²) in [5, 5.41) is 7.46. The summed E-state index contributed by atoms with van der Waals surface area (Å²) in [7, 11) is 0. The molecule has 2 N–H and O–H groups in total. The summed E-state index contributed by atoms with van der Waals surface area (Å²) in [5.74, 6) is -1.64. The minimum Gasteiger partial charge on any atom is -0.442 e. The number of ether oxygens (including phenoxy) is 1. The van der Waals surface area contributed by atoms with Crippen molar-refractivity contribution in [2.75, 3.05) is 11.4 Å². The van der Waals surface area contributed by atoms with E-state index in [0.29, 0.717) is 12.2 Å². The standard InChI is InChI=1S/C13H12FN5O3/c14-11-5-8(1-2-10(11)12(15)20)19-7-9(22-13(19)21)6-18-4-3-16-17-18/h1-5,9H,6-7H2,(H2,15,20)/t9-/m0/s1. The second-order valence-corrected chi connectivity index (χ2v) is 4.77. The van der Waals surface area contributed by atoms with E-state index in [9.17, 15) is 14.0 Å². The Balaban J connectivity index is 1.76. The molecule has 1 atom stereocenters. The third kappa shape index (κ3) is 2.60. The van der Waals surface area contributed by atoms with E-state index in [-0.39, 0.29) is 12.1 Å². The fraction of sp³-hybridized carbons (Fsp3) is 0.231. The fourth-order valence-electron chi connectivity index (χ4n) is 2.24. The van der Waals surface area contributed by atoms with Crippen LogP contribution in [0.2, 0.25) is 0 Å². The number of carbonyl (C=O) groups is 2. The van der Waals surface area contributed by atoms with Crippen LogP contribution in [-0.2, 0) is 11.3 Å². The third-order valence-corrected chi connectivity index (χ3v) is 3.27. The number of rotatable bonds is 4. The molecule has 0 unspecified atom stereocenters. The van der Waals surface area contributed by atoms with Crippen LogP contribution in [0, 0.1) is 5.82 Å². The van der Waals surface area contributed by atoms with Gasteiger partial charge in [0.15, 0.2) is 0 Å². The van der Waals surface area contributed by atoms with E-state index in [1.807, 2.05) is 0 Å². The highest BCUT2D eigenvalue weighted by Gasteiger charge is 2.33. The number of carbonyl (C=O) groups excluding carboxylic acids is 2. The highest BCUT2D eigenvalue weighted by molar-refractivity contribution is 5.95. The van der Waals surface area contributed by atoms with Crippen molar-refractivity contribution in [3.8, 4) is 0 Å². The number of nitrogens with two attached hydrogens (primary N) is 1. The normalized spacial score (nSPS) is 17.6. The molecular weight excluding hydrogens is 293 g/mol. The first kappa shape index (κ1) is 14.0. The Morgan fingerprint density at radius 1 is 1.50 bits per heavy atom. The van der Waals surface area contributed by atoms with Gasteiger partial charge in [-0.2, -0.15) is 0 Å². The monoisotopic (exact) mass is 305 g/mol. The molecule has 2 amide bonds. The largest absolute Gasteiger partial charge is 0.442 e. The van der Waals surface area contributed by atoms with Crippen molar-refractivity contribution in [2.45, 2.75) is 12.6 Å². The summed E-state index contributed by atoms with van der Waals surface area (Å²) >= 11 is 0. The lowest BCUT2D eigenvalue weighted by Crippen LogP contribution is -2.26. The molecule has 0 radical (unpaired) electrons. The van der Waals surface area contributed by atoms with Crippen LogP contribution in [0.5, 0.6) is 0 Å². The van der Waals surface area contributed by atoms with Crippen LogP contribution in [0.15, 0.2) is 30.6 Å². The van der Waals surface area contributed by atoms with E-state index >= 15 is 0 Å². The molecule has 0 aliphatic carbocycles. The summed E-state index contributed by atoms with van der Waals surface area (Å²) in [6.07, 6.45) is 2.16. The number of nitrogens with zero attached hydrogens (tertiary/aromatic N) is 4. The SMILES string of the molecule is NC(=O)c1ccc(N2C[C@H](Cn3ccnn3)OC2=O)cc1F. The smallest absolute Gasteiger partial charge is 0.414 e. The van der Waals surface area contributed by atoms with Crippen molar-refractivity contribution >= 4 is 17.7 Å². The Hall–Kier alpha value is -2.97. The Bertz CT molecular complexity index is 718. The number of cyclic esters (lactones) is 1. The van der Waals surface area contributed by atoms with E-state index in [0.717, 1.165) is 6.07 Å². The van der Waals surface area contributed by atoms with E-state index in [1.54, 1.807) is 6.20 Å². The summed E-state index contributed by atoms with van der Waals surface area (Å²) in [6, 6.07) is 3.77. The lowest BCUT2D eigenvalue weighted by molar-refractivity contribution is 0.0996. The zero-order valence-electron chi connectivity index (χ0n) is 11.3. The summed E-state index contributed by atoms with van der Waals surface area (Å²) in [4.78, 5) is 24.2. The molecule has 1 fully saturated rings. The Kier molecular flexibility index (Phi) is 3.45. The first-order chi connectivity index (χ1) is 10.5. The summed E-state index contributed by atoms with van der Waals surface area (Å²) in [5.41, 5.74) is 5.12. The zero-order chi connectivity index (χ0) is 15.7. The van der Waals surface area contributed by atoms with Crippen LogP contribution in [0.4, 0.5) is 14.9 Å². The van der Waals surface area contributed by atoms with E-state index in [4.69, 9.17) is 10.5 Å². The van der Waals surface area contributed by atoms with Gasteiger partial charge in [0.25, 0.3) is 5.91 Å². The highest BCUT2D eigenvalue weighted by Crippen LogP contribution is 2.24. The van der Waals surface area contributed by atoms with Crippen molar-refractivity contribution in [3.63, 3.8) is 0 Å². The Morgan fingerprint density at radius 3 is 2.95 bits per heavy atom. The number of primary amides is 1. The molecule has 9 heteroatoms. The molecule has 114 valence electrons. The van der Waals surface area contributed by atoms with Crippen molar-refractivity contribution in [1.29, 1.82) is 0 Å². The second-order valence-electron chi connectivity index (χ2n) is 4.77. The maximum atomic E-state index is 13.8. The zero-order valence-corrected chi connectivity index (χ0v) is 11.3. The molecule has 22 heavy (non-hydrogen) atoms. The van der Waals surface area contributed by atoms with Gasteiger partial charge in [-0.1, -0.05) is 5.21 Å². The van der Waals surface area contributed by atoms with Gasteiger partial charge in [0.1, 0.15) is 11.9 Å². The van der Waals surface area contributed by atoms with Gasteiger partial charge in [0.2, 0.25) is 0 Å². The van der Waals surface area contributed by atoms with Gasteiger partial charge in [-0.15, -0.1) is 5.10 Å². The first-order valence-corrected chi connectivity index (χ1v) is 6.46. The van der Waals surface area contributed by atoms with Crippen LogP contribution in [0.1, 0.15) is 10.4 Å². The maximum Gasteiger partial charge on any atom is 0.414 e. The lowest BCUT2D eigenvalue weighted by atomic mass is 10.1. The maximum absolute atomic E-state index is 13.8. The minimum atomic E-state index is -0.864. The molecule has 1 aromatic carbocycles. The van der Waals surface area contributed by atoms with Crippen molar-refractivity contribution in [2.24, 2.45) is 5.73 Å². The van der Waals surface area contributed by atoms with Crippen LogP contribution < -0.4 is 10.6 Å². The van der Waals surface area contributed by atoms with Crippen LogP contribution in [-0.4, -0.2) is 39.6 Å². The molecule has 0 spiro atoms. The van der Waals surface area contributed by atoms with Crippen LogP contribution >= 0.6 is 0 Å². The van der Waals surface area contributed by atoms with Gasteiger partial charge in [-0.3, -0.25) is 9.69 Å². The Labute approximate surface area is 124 Å². The minimum absolute atomic E-state index is 0.226. The van der Waals surface area contributed by atoms with Gasteiger partial charge >= 0.3 is 6.09 Å². The second kappa shape index (κ2) is 5.43. The molecule has 0 bridgehead atoms. The summed E-state index contributed by atoms with van der Waals surface area (Å²) < 4.78 is 20.5. The van der Waals surface area contributed by atoms with Gasteiger partial charge in [-0.05, 0) is 18.2 Å².